The SMILES string of the molecule is C[C@H](NC(=O)[C@H]1[C@H](C(=O)O)[C@H]2C=C[C@H]1C2)c1cccc(N2CCOC2=O)c1. The monoisotopic (exact) mass is 370 g/mol. The van der Waals surface area contributed by atoms with Crippen molar-refractivity contribution in [2.75, 3.05) is 18.1 Å². The quantitative estimate of drug-likeness (QED) is 0.776. The molecule has 2 fully saturated rings. The van der Waals surface area contributed by atoms with Crippen LogP contribution in [0.4, 0.5) is 10.5 Å². The van der Waals surface area contributed by atoms with E-state index in [1.165, 1.54) is 0 Å². The summed E-state index contributed by atoms with van der Waals surface area (Å²) in [5.41, 5.74) is 1.58. The lowest BCUT2D eigenvalue weighted by Gasteiger charge is -2.26. The number of nitrogens with zero attached hydrogens (tertiary/aromatic N) is 1. The molecule has 2 amide bonds. The Balaban J connectivity index is 1.48. The molecule has 142 valence electrons. The van der Waals surface area contributed by atoms with Gasteiger partial charge in [-0.25, -0.2) is 4.79 Å². The highest BCUT2D eigenvalue weighted by Crippen LogP contribution is 2.48. The molecular weight excluding hydrogens is 348 g/mol. The number of hydrogen-bond donors (Lipinski definition) is 2. The second-order valence-corrected chi connectivity index (χ2v) is 7.43. The molecule has 0 radical (unpaired) electrons. The Hall–Kier alpha value is -2.83. The zero-order chi connectivity index (χ0) is 19.1. The molecule has 2 bridgehead atoms. The third kappa shape index (κ3) is 3.07. The second kappa shape index (κ2) is 6.72. The van der Waals surface area contributed by atoms with E-state index in [0.717, 1.165) is 17.7 Å². The summed E-state index contributed by atoms with van der Waals surface area (Å²) in [6.07, 6.45) is 4.26. The number of carboxylic acid groups (broad SMARTS) is 1. The zero-order valence-corrected chi connectivity index (χ0v) is 15.0. The van der Waals surface area contributed by atoms with Crippen LogP contribution in [0, 0.1) is 23.7 Å². The van der Waals surface area contributed by atoms with E-state index in [4.69, 9.17) is 4.74 Å². The lowest BCUT2D eigenvalue weighted by atomic mass is 9.82. The van der Waals surface area contributed by atoms with Crippen LogP contribution in [0.5, 0.6) is 0 Å². The average molecular weight is 370 g/mol. The highest BCUT2D eigenvalue weighted by molar-refractivity contribution is 5.89. The smallest absolute Gasteiger partial charge is 0.414 e. The molecule has 0 aromatic heterocycles. The van der Waals surface area contributed by atoms with Gasteiger partial charge in [-0.1, -0.05) is 24.3 Å². The molecule has 2 N–H and O–H groups in total. The van der Waals surface area contributed by atoms with Crippen LogP contribution in [-0.4, -0.2) is 36.2 Å². The first-order chi connectivity index (χ1) is 13.0. The van der Waals surface area contributed by atoms with Crippen LogP contribution < -0.4 is 10.2 Å². The molecule has 7 heteroatoms. The largest absolute Gasteiger partial charge is 0.481 e. The highest BCUT2D eigenvalue weighted by atomic mass is 16.6. The van der Waals surface area contributed by atoms with Gasteiger partial charge < -0.3 is 15.2 Å². The van der Waals surface area contributed by atoms with Crippen LogP contribution in [0.2, 0.25) is 0 Å². The van der Waals surface area contributed by atoms with E-state index in [9.17, 15) is 19.5 Å². The first-order valence-electron chi connectivity index (χ1n) is 9.21. The first-order valence-corrected chi connectivity index (χ1v) is 9.21. The maximum Gasteiger partial charge on any atom is 0.414 e. The van der Waals surface area contributed by atoms with Gasteiger partial charge in [0.05, 0.1) is 24.4 Å². The van der Waals surface area contributed by atoms with E-state index < -0.39 is 17.8 Å². The number of rotatable bonds is 5. The van der Waals surface area contributed by atoms with Crippen molar-refractivity contribution in [3.05, 3.63) is 42.0 Å². The minimum atomic E-state index is -0.908. The van der Waals surface area contributed by atoms with Gasteiger partial charge in [0.2, 0.25) is 5.91 Å². The van der Waals surface area contributed by atoms with Crippen LogP contribution in [0.1, 0.15) is 24.9 Å². The molecule has 1 saturated carbocycles. The van der Waals surface area contributed by atoms with Crippen LogP contribution in [0.3, 0.4) is 0 Å². The van der Waals surface area contributed by atoms with E-state index >= 15 is 0 Å². The van der Waals surface area contributed by atoms with E-state index in [1.807, 2.05) is 43.3 Å². The molecule has 0 spiro atoms. The number of cyclic esters (lactones) is 1. The molecular formula is C20H22N2O5. The highest BCUT2D eigenvalue weighted by Gasteiger charge is 2.51. The van der Waals surface area contributed by atoms with Gasteiger partial charge in [0, 0.05) is 5.69 Å². The summed E-state index contributed by atoms with van der Waals surface area (Å²) < 4.78 is 4.97. The summed E-state index contributed by atoms with van der Waals surface area (Å²) in [4.78, 5) is 37.8. The Kier molecular flexibility index (Phi) is 4.37. The van der Waals surface area contributed by atoms with Crippen molar-refractivity contribution in [2.24, 2.45) is 23.7 Å². The minimum Gasteiger partial charge on any atom is -0.481 e. The summed E-state index contributed by atoms with van der Waals surface area (Å²) in [5, 5.41) is 12.5. The van der Waals surface area contributed by atoms with Crippen LogP contribution in [-0.2, 0) is 14.3 Å². The van der Waals surface area contributed by atoms with E-state index in [2.05, 4.69) is 5.32 Å². The standard InChI is InChI=1S/C20H22N2O5/c1-11(12-3-2-4-15(10-12)22-7-8-27-20(22)26)21-18(23)16-13-5-6-14(9-13)17(16)19(24)25/h2-6,10-11,13-14,16-17H,7-9H2,1H3,(H,21,23)(H,24,25)/t11-,13-,14-,16+,17+/m0/s1. The topological polar surface area (TPSA) is 95.9 Å². The van der Waals surface area contributed by atoms with Crippen molar-refractivity contribution in [2.45, 2.75) is 19.4 Å². The Morgan fingerprint density at radius 1 is 1.26 bits per heavy atom. The predicted molar refractivity (Wildman–Crippen MR) is 97.0 cm³/mol. The molecule has 27 heavy (non-hydrogen) atoms. The Bertz CT molecular complexity index is 820. The number of carbonyl (C=O) groups is 3. The molecule has 1 aromatic carbocycles. The van der Waals surface area contributed by atoms with Crippen molar-refractivity contribution in [3.63, 3.8) is 0 Å². The maximum absolute atomic E-state index is 12.8. The molecule has 3 aliphatic rings. The second-order valence-electron chi connectivity index (χ2n) is 7.43. The summed E-state index contributed by atoms with van der Waals surface area (Å²) in [7, 11) is 0. The molecule has 1 aliphatic heterocycles. The fourth-order valence-electron chi connectivity index (χ4n) is 4.50. The number of aliphatic carboxylic acids is 1. The Morgan fingerprint density at radius 2 is 2.00 bits per heavy atom. The third-order valence-electron chi connectivity index (χ3n) is 5.85. The van der Waals surface area contributed by atoms with Gasteiger partial charge >= 0.3 is 12.1 Å². The van der Waals surface area contributed by atoms with Crippen molar-refractivity contribution < 1.29 is 24.2 Å². The molecule has 5 atom stereocenters. The number of carbonyl (C=O) groups excluding carboxylic acids is 2. The number of ether oxygens (including phenoxy) is 1. The van der Waals surface area contributed by atoms with Gasteiger partial charge in [-0.05, 0) is 42.9 Å². The first kappa shape index (κ1) is 17.6. The predicted octanol–water partition coefficient (Wildman–Crippen LogP) is 2.34. The molecule has 7 nitrogen and oxygen atoms in total. The summed E-state index contributed by atoms with van der Waals surface area (Å²) in [6.45, 7) is 2.72. The maximum atomic E-state index is 12.8. The van der Waals surface area contributed by atoms with E-state index in [0.29, 0.717) is 13.2 Å². The van der Waals surface area contributed by atoms with Gasteiger partial charge in [-0.15, -0.1) is 0 Å². The molecule has 0 unspecified atom stereocenters. The van der Waals surface area contributed by atoms with Crippen molar-refractivity contribution >= 4 is 23.7 Å². The van der Waals surface area contributed by atoms with Gasteiger partial charge in [0.1, 0.15) is 6.61 Å². The normalized spacial score (nSPS) is 29.7. The van der Waals surface area contributed by atoms with Crippen LogP contribution in [0.15, 0.2) is 36.4 Å². The van der Waals surface area contributed by atoms with Crippen LogP contribution >= 0.6 is 0 Å². The number of benzene rings is 1. The molecule has 1 saturated heterocycles. The van der Waals surface area contributed by atoms with Crippen LogP contribution in [0.25, 0.3) is 0 Å². The number of hydrogen-bond acceptors (Lipinski definition) is 4. The summed E-state index contributed by atoms with van der Waals surface area (Å²) >= 11 is 0. The molecule has 4 rings (SSSR count). The Labute approximate surface area is 157 Å². The number of carboxylic acids is 1. The third-order valence-corrected chi connectivity index (χ3v) is 5.85. The molecule has 2 aliphatic carbocycles. The van der Waals surface area contributed by atoms with E-state index in [1.54, 1.807) is 4.90 Å². The van der Waals surface area contributed by atoms with Gasteiger partial charge in [0.15, 0.2) is 0 Å². The lowest BCUT2D eigenvalue weighted by Crippen LogP contribution is -2.41. The lowest BCUT2D eigenvalue weighted by molar-refractivity contribution is -0.148. The number of amides is 2. The molecule has 1 heterocycles. The average Bonchev–Trinajstić information content (AvgIpc) is 3.36. The van der Waals surface area contributed by atoms with Crippen molar-refractivity contribution in [1.29, 1.82) is 0 Å². The number of fused-ring (bicyclic) bond motifs is 2. The minimum absolute atomic E-state index is 0.00555. The van der Waals surface area contributed by atoms with Crippen molar-refractivity contribution in [3.8, 4) is 0 Å². The number of nitrogens with one attached hydrogen (secondary N) is 1. The van der Waals surface area contributed by atoms with Gasteiger partial charge in [-0.2, -0.15) is 0 Å². The summed E-state index contributed by atoms with van der Waals surface area (Å²) in [5.74, 6) is -2.38. The summed E-state index contributed by atoms with van der Waals surface area (Å²) in [6, 6.07) is 7.09. The number of allylic oxidation sites excluding steroid dienone is 2. The van der Waals surface area contributed by atoms with Crippen molar-refractivity contribution in [1.82, 2.24) is 5.32 Å². The van der Waals surface area contributed by atoms with Gasteiger partial charge in [0.25, 0.3) is 0 Å². The fourth-order valence-corrected chi connectivity index (χ4v) is 4.50. The number of anilines is 1. The molecule has 1 aromatic rings. The Morgan fingerprint density at radius 3 is 2.67 bits per heavy atom. The fraction of sp³-hybridized carbons (Fsp3) is 0.450. The zero-order valence-electron chi connectivity index (χ0n) is 15.0. The van der Waals surface area contributed by atoms with Gasteiger partial charge in [-0.3, -0.25) is 14.5 Å². The van der Waals surface area contributed by atoms with E-state index in [-0.39, 0.29) is 29.9 Å².